The summed E-state index contributed by atoms with van der Waals surface area (Å²) in [5, 5.41) is 9.06. The number of hydrogen-bond acceptors (Lipinski definition) is 5. The summed E-state index contributed by atoms with van der Waals surface area (Å²) < 4.78 is 10.3. The zero-order valence-corrected chi connectivity index (χ0v) is 11.2. The third kappa shape index (κ3) is 4.71. The van der Waals surface area contributed by atoms with Crippen molar-refractivity contribution in [1.29, 1.82) is 0 Å². The average molecular weight is 253 g/mol. The van der Waals surface area contributed by atoms with Gasteiger partial charge in [0.25, 0.3) is 0 Å². The predicted molar refractivity (Wildman–Crippen MR) is 66.2 cm³/mol. The van der Waals surface area contributed by atoms with Crippen molar-refractivity contribution >= 4 is 5.97 Å². The van der Waals surface area contributed by atoms with Crippen LogP contribution in [0.25, 0.3) is 0 Å². The van der Waals surface area contributed by atoms with Crippen LogP contribution >= 0.6 is 0 Å². The molecule has 1 aromatic rings. The van der Waals surface area contributed by atoms with E-state index in [1.807, 2.05) is 6.92 Å². The van der Waals surface area contributed by atoms with E-state index >= 15 is 0 Å². The Labute approximate surface area is 107 Å². The normalized spacial score (nSPS) is 11.2. The fourth-order valence-electron chi connectivity index (χ4n) is 1.30. The van der Waals surface area contributed by atoms with Gasteiger partial charge in [-0.1, -0.05) is 6.07 Å². The molecule has 18 heavy (non-hydrogen) atoms. The van der Waals surface area contributed by atoms with Crippen molar-refractivity contribution < 1.29 is 19.4 Å². The zero-order chi connectivity index (χ0) is 13.8. The fraction of sp³-hybridized carbons (Fsp3) is 0.538. The molecule has 1 heterocycles. The first kappa shape index (κ1) is 14.4. The van der Waals surface area contributed by atoms with Crippen LogP contribution in [0.2, 0.25) is 0 Å². The Morgan fingerprint density at radius 2 is 2.06 bits per heavy atom. The summed E-state index contributed by atoms with van der Waals surface area (Å²) in [5.74, 6) is -0.147. The molecule has 0 aliphatic heterocycles. The molecule has 0 aromatic carbocycles. The summed E-state index contributed by atoms with van der Waals surface area (Å²) in [6.07, 6.45) is 0. The molecule has 1 rings (SSSR count). The smallest absolute Gasteiger partial charge is 0.344 e. The van der Waals surface area contributed by atoms with Gasteiger partial charge in [0.1, 0.15) is 5.60 Å². The Hall–Kier alpha value is -1.62. The van der Waals surface area contributed by atoms with E-state index in [0.717, 1.165) is 5.56 Å². The largest absolute Gasteiger partial charge is 0.466 e. The summed E-state index contributed by atoms with van der Waals surface area (Å²) >= 11 is 0. The van der Waals surface area contributed by atoms with Crippen molar-refractivity contribution in [3.8, 4) is 5.88 Å². The van der Waals surface area contributed by atoms with E-state index in [-0.39, 0.29) is 13.2 Å². The van der Waals surface area contributed by atoms with Crippen LogP contribution in [0.4, 0.5) is 0 Å². The van der Waals surface area contributed by atoms with Gasteiger partial charge in [-0.3, -0.25) is 0 Å². The van der Waals surface area contributed by atoms with Crippen molar-refractivity contribution in [1.82, 2.24) is 4.98 Å². The quantitative estimate of drug-likeness (QED) is 0.825. The topological polar surface area (TPSA) is 68.7 Å². The van der Waals surface area contributed by atoms with Gasteiger partial charge < -0.3 is 14.6 Å². The minimum atomic E-state index is -0.530. The van der Waals surface area contributed by atoms with Crippen LogP contribution in [-0.2, 0) is 16.1 Å². The minimum absolute atomic E-state index is 0.157. The van der Waals surface area contributed by atoms with Gasteiger partial charge >= 0.3 is 5.97 Å². The zero-order valence-electron chi connectivity index (χ0n) is 11.2. The molecule has 5 heteroatoms. The molecule has 0 fully saturated rings. The molecule has 0 saturated heterocycles. The van der Waals surface area contributed by atoms with Crippen molar-refractivity contribution in [3.05, 3.63) is 23.4 Å². The Kier molecular flexibility index (Phi) is 4.67. The van der Waals surface area contributed by atoms with Crippen molar-refractivity contribution in [2.24, 2.45) is 0 Å². The third-order valence-corrected chi connectivity index (χ3v) is 2.08. The van der Waals surface area contributed by atoms with Gasteiger partial charge in [0.05, 0.1) is 12.3 Å². The van der Waals surface area contributed by atoms with Gasteiger partial charge in [-0.05, 0) is 33.3 Å². The molecule has 0 amide bonds. The molecule has 1 aromatic heterocycles. The Morgan fingerprint density at radius 3 is 2.61 bits per heavy atom. The number of aliphatic hydroxyl groups is 1. The highest BCUT2D eigenvalue weighted by Gasteiger charge is 2.16. The van der Waals surface area contributed by atoms with Gasteiger partial charge in [0, 0.05) is 6.07 Å². The summed E-state index contributed by atoms with van der Waals surface area (Å²) in [6.45, 7) is 6.86. The van der Waals surface area contributed by atoms with Crippen LogP contribution in [-0.4, -0.2) is 28.3 Å². The van der Waals surface area contributed by atoms with Gasteiger partial charge in [-0.2, -0.15) is 0 Å². The number of esters is 1. The molecule has 0 saturated carbocycles. The molecule has 1 N–H and O–H groups in total. The predicted octanol–water partition coefficient (Wildman–Crippen LogP) is 1.60. The Balaban J connectivity index is 2.56. The SMILES string of the molecule is Cc1ccc(OCC(=O)OC(C)(C)C)nc1CO. The van der Waals surface area contributed by atoms with Gasteiger partial charge in [-0.25, -0.2) is 9.78 Å². The molecular formula is C13H19NO4. The van der Waals surface area contributed by atoms with E-state index in [2.05, 4.69) is 4.98 Å². The molecule has 100 valence electrons. The monoisotopic (exact) mass is 253 g/mol. The second-order valence-electron chi connectivity index (χ2n) is 4.95. The number of pyridine rings is 1. The first-order valence-corrected chi connectivity index (χ1v) is 5.74. The standard InChI is InChI=1S/C13H19NO4/c1-9-5-6-11(14-10(9)7-15)17-8-12(16)18-13(2,3)4/h5-6,15H,7-8H2,1-4H3. The second kappa shape index (κ2) is 5.82. The van der Waals surface area contributed by atoms with Crippen LogP contribution in [0.1, 0.15) is 32.0 Å². The number of ether oxygens (including phenoxy) is 2. The van der Waals surface area contributed by atoms with Crippen LogP contribution in [0.15, 0.2) is 12.1 Å². The summed E-state index contributed by atoms with van der Waals surface area (Å²) in [5.41, 5.74) is 0.885. The van der Waals surface area contributed by atoms with Crippen LogP contribution in [0.3, 0.4) is 0 Å². The maximum absolute atomic E-state index is 11.4. The lowest BCUT2D eigenvalue weighted by atomic mass is 10.2. The molecule has 0 radical (unpaired) electrons. The highest BCUT2D eigenvalue weighted by molar-refractivity contribution is 5.71. The number of carbonyl (C=O) groups is 1. The van der Waals surface area contributed by atoms with E-state index in [9.17, 15) is 4.79 Å². The lowest BCUT2D eigenvalue weighted by Crippen LogP contribution is -2.27. The molecule has 0 bridgehead atoms. The van der Waals surface area contributed by atoms with E-state index in [1.54, 1.807) is 32.9 Å². The number of hydrogen-bond donors (Lipinski definition) is 1. The number of aromatic nitrogens is 1. The van der Waals surface area contributed by atoms with E-state index in [1.165, 1.54) is 0 Å². The van der Waals surface area contributed by atoms with E-state index < -0.39 is 11.6 Å². The molecular weight excluding hydrogens is 234 g/mol. The highest BCUT2D eigenvalue weighted by atomic mass is 16.6. The second-order valence-corrected chi connectivity index (χ2v) is 4.95. The van der Waals surface area contributed by atoms with Crippen molar-refractivity contribution in [3.63, 3.8) is 0 Å². The first-order chi connectivity index (χ1) is 8.31. The molecule has 0 atom stereocenters. The Morgan fingerprint density at radius 1 is 1.39 bits per heavy atom. The summed E-state index contributed by atoms with van der Waals surface area (Å²) in [7, 11) is 0. The summed E-state index contributed by atoms with van der Waals surface area (Å²) in [6, 6.07) is 3.43. The maximum atomic E-state index is 11.4. The van der Waals surface area contributed by atoms with Gasteiger partial charge in [-0.15, -0.1) is 0 Å². The van der Waals surface area contributed by atoms with Crippen LogP contribution in [0, 0.1) is 6.92 Å². The lowest BCUT2D eigenvalue weighted by Gasteiger charge is -2.19. The average Bonchev–Trinajstić information content (AvgIpc) is 2.25. The molecule has 0 aliphatic carbocycles. The number of aliphatic hydroxyl groups excluding tert-OH is 1. The van der Waals surface area contributed by atoms with E-state index in [4.69, 9.17) is 14.6 Å². The van der Waals surface area contributed by atoms with Crippen LogP contribution < -0.4 is 4.74 Å². The number of carbonyl (C=O) groups excluding carboxylic acids is 1. The minimum Gasteiger partial charge on any atom is -0.466 e. The summed E-state index contributed by atoms with van der Waals surface area (Å²) in [4.78, 5) is 15.5. The Bertz CT molecular complexity index is 423. The van der Waals surface area contributed by atoms with Gasteiger partial charge in [0.15, 0.2) is 6.61 Å². The first-order valence-electron chi connectivity index (χ1n) is 5.74. The molecule has 0 spiro atoms. The highest BCUT2D eigenvalue weighted by Crippen LogP contribution is 2.13. The van der Waals surface area contributed by atoms with Crippen LogP contribution in [0.5, 0.6) is 5.88 Å². The number of rotatable bonds is 4. The van der Waals surface area contributed by atoms with Gasteiger partial charge in [0.2, 0.25) is 5.88 Å². The third-order valence-electron chi connectivity index (χ3n) is 2.08. The number of nitrogens with zero attached hydrogens (tertiary/aromatic N) is 1. The van der Waals surface area contributed by atoms with Crippen molar-refractivity contribution in [2.45, 2.75) is 39.9 Å². The maximum Gasteiger partial charge on any atom is 0.344 e. The lowest BCUT2D eigenvalue weighted by molar-refractivity contribution is -0.157. The van der Waals surface area contributed by atoms with E-state index in [0.29, 0.717) is 11.6 Å². The fourth-order valence-corrected chi connectivity index (χ4v) is 1.30. The molecule has 0 aliphatic rings. The molecule has 5 nitrogen and oxygen atoms in total. The van der Waals surface area contributed by atoms with Crippen molar-refractivity contribution in [2.75, 3.05) is 6.61 Å². The number of aryl methyl sites for hydroxylation is 1. The molecule has 0 unspecified atom stereocenters.